The first-order valence-electron chi connectivity index (χ1n) is 7.47. The number of hydrogen-bond donors (Lipinski definition) is 2. The third-order valence-electron chi connectivity index (χ3n) is 5.67. The van der Waals surface area contributed by atoms with Gasteiger partial charge in [-0.25, -0.2) is 14.4 Å². The number of carboxylic acids is 2. The van der Waals surface area contributed by atoms with Gasteiger partial charge in [-0.1, -0.05) is 20.4 Å². The number of esters is 2. The van der Waals surface area contributed by atoms with Crippen LogP contribution in [-0.2, 0) is 28.7 Å². The molecular formula is C16H20O8. The lowest BCUT2D eigenvalue weighted by molar-refractivity contribution is -0.190. The molecule has 2 unspecified atom stereocenters. The van der Waals surface area contributed by atoms with Crippen LogP contribution in [0.4, 0.5) is 0 Å². The second kappa shape index (κ2) is 5.32. The van der Waals surface area contributed by atoms with Crippen LogP contribution in [0.25, 0.3) is 0 Å². The molecular weight excluding hydrogens is 320 g/mol. The van der Waals surface area contributed by atoms with Gasteiger partial charge in [0.25, 0.3) is 0 Å². The van der Waals surface area contributed by atoms with Crippen molar-refractivity contribution in [2.24, 2.45) is 10.8 Å². The largest absolute Gasteiger partial charge is 0.478 e. The second-order valence-corrected chi connectivity index (χ2v) is 7.02. The molecule has 2 bridgehead atoms. The summed E-state index contributed by atoms with van der Waals surface area (Å²) < 4.78 is 10.3. The Morgan fingerprint density at radius 2 is 1.83 bits per heavy atom. The molecule has 2 aliphatic rings. The SMILES string of the molecule is C=C(C[C@H](OC(=O)C12CCC(C)(C(=O)O1)C2(C)C)C(=O)O)C(=O)O. The lowest BCUT2D eigenvalue weighted by atomic mass is 9.66. The number of carbonyl (C=O) groups is 4. The molecule has 8 heteroatoms. The molecule has 1 heterocycles. The van der Waals surface area contributed by atoms with Crippen molar-refractivity contribution in [1.82, 2.24) is 0 Å². The zero-order valence-electron chi connectivity index (χ0n) is 13.7. The summed E-state index contributed by atoms with van der Waals surface area (Å²) in [5.74, 6) is -4.35. The highest BCUT2D eigenvalue weighted by Crippen LogP contribution is 2.65. The van der Waals surface area contributed by atoms with Crippen molar-refractivity contribution < 1.29 is 38.9 Å². The van der Waals surface area contributed by atoms with Crippen LogP contribution in [0.15, 0.2) is 12.2 Å². The molecule has 2 N–H and O–H groups in total. The Morgan fingerprint density at radius 3 is 2.21 bits per heavy atom. The lowest BCUT2D eigenvalue weighted by Gasteiger charge is -2.35. The van der Waals surface area contributed by atoms with E-state index in [1.807, 2.05) is 0 Å². The van der Waals surface area contributed by atoms with Crippen molar-refractivity contribution in [2.75, 3.05) is 0 Å². The fourth-order valence-electron chi connectivity index (χ4n) is 3.42. The monoisotopic (exact) mass is 340 g/mol. The van der Waals surface area contributed by atoms with Gasteiger partial charge in [-0.15, -0.1) is 0 Å². The zero-order valence-corrected chi connectivity index (χ0v) is 13.7. The summed E-state index contributed by atoms with van der Waals surface area (Å²) in [6.07, 6.45) is -1.61. The lowest BCUT2D eigenvalue weighted by Crippen LogP contribution is -2.50. The van der Waals surface area contributed by atoms with Crippen LogP contribution in [0.1, 0.15) is 40.0 Å². The average Bonchev–Trinajstić information content (AvgIpc) is 2.76. The first-order valence-corrected chi connectivity index (χ1v) is 7.47. The summed E-state index contributed by atoms with van der Waals surface area (Å²) in [5.41, 5.74) is -3.68. The van der Waals surface area contributed by atoms with Crippen molar-refractivity contribution in [3.63, 3.8) is 0 Å². The quantitative estimate of drug-likeness (QED) is 0.544. The molecule has 3 atom stereocenters. The molecule has 1 saturated heterocycles. The van der Waals surface area contributed by atoms with E-state index >= 15 is 0 Å². The highest BCUT2D eigenvalue weighted by Gasteiger charge is 2.76. The average molecular weight is 340 g/mol. The third-order valence-corrected chi connectivity index (χ3v) is 5.67. The van der Waals surface area contributed by atoms with E-state index in [1.165, 1.54) is 0 Å². The second-order valence-electron chi connectivity index (χ2n) is 7.02. The maximum Gasteiger partial charge on any atom is 0.352 e. The van der Waals surface area contributed by atoms with Crippen LogP contribution in [0.5, 0.6) is 0 Å². The van der Waals surface area contributed by atoms with Crippen LogP contribution < -0.4 is 0 Å². The van der Waals surface area contributed by atoms with Crippen LogP contribution in [0, 0.1) is 10.8 Å². The van der Waals surface area contributed by atoms with E-state index in [-0.39, 0.29) is 6.42 Å². The number of ether oxygens (including phenoxy) is 2. The molecule has 0 aromatic rings. The van der Waals surface area contributed by atoms with Crippen molar-refractivity contribution in [2.45, 2.75) is 51.7 Å². The molecule has 132 valence electrons. The molecule has 1 aliphatic heterocycles. The van der Waals surface area contributed by atoms with E-state index in [1.54, 1.807) is 20.8 Å². The van der Waals surface area contributed by atoms with Crippen molar-refractivity contribution >= 4 is 23.9 Å². The van der Waals surface area contributed by atoms with E-state index < -0.39 is 58.4 Å². The van der Waals surface area contributed by atoms with Gasteiger partial charge in [-0.2, -0.15) is 0 Å². The number of aliphatic carboxylic acids is 2. The van der Waals surface area contributed by atoms with Crippen LogP contribution in [-0.4, -0.2) is 45.8 Å². The van der Waals surface area contributed by atoms with E-state index in [0.717, 1.165) is 0 Å². The summed E-state index contributed by atoms with van der Waals surface area (Å²) >= 11 is 0. The topological polar surface area (TPSA) is 127 Å². The molecule has 1 saturated carbocycles. The normalized spacial score (nSPS) is 31.2. The van der Waals surface area contributed by atoms with Gasteiger partial charge in [-0.3, -0.25) is 4.79 Å². The molecule has 0 aromatic heterocycles. The number of carboxylic acid groups (broad SMARTS) is 2. The predicted molar refractivity (Wildman–Crippen MR) is 78.9 cm³/mol. The fourth-order valence-corrected chi connectivity index (χ4v) is 3.42. The summed E-state index contributed by atoms with van der Waals surface area (Å²) in [6, 6.07) is 0. The van der Waals surface area contributed by atoms with Crippen LogP contribution >= 0.6 is 0 Å². The van der Waals surface area contributed by atoms with E-state index in [9.17, 15) is 24.3 Å². The summed E-state index contributed by atoms with van der Waals surface area (Å²) in [4.78, 5) is 46.9. The van der Waals surface area contributed by atoms with E-state index in [2.05, 4.69) is 6.58 Å². The number of carbonyl (C=O) groups excluding carboxylic acids is 2. The molecule has 8 nitrogen and oxygen atoms in total. The van der Waals surface area contributed by atoms with E-state index in [4.69, 9.17) is 14.6 Å². The Labute approximate surface area is 138 Å². The molecule has 2 rings (SSSR count). The minimum atomic E-state index is -1.71. The minimum absolute atomic E-state index is 0.229. The number of rotatable bonds is 6. The number of fused-ring (bicyclic) bond motifs is 2. The Bertz CT molecular complexity index is 648. The maximum atomic E-state index is 12.7. The Hall–Kier alpha value is -2.38. The van der Waals surface area contributed by atoms with Gasteiger partial charge >= 0.3 is 23.9 Å². The minimum Gasteiger partial charge on any atom is -0.478 e. The van der Waals surface area contributed by atoms with Crippen molar-refractivity contribution in [1.29, 1.82) is 0 Å². The van der Waals surface area contributed by atoms with Gasteiger partial charge in [0.15, 0.2) is 0 Å². The van der Waals surface area contributed by atoms with Gasteiger partial charge in [0.1, 0.15) is 0 Å². The molecule has 1 aliphatic carbocycles. The first kappa shape index (κ1) is 18.0. The van der Waals surface area contributed by atoms with Gasteiger partial charge in [0, 0.05) is 17.4 Å². The smallest absolute Gasteiger partial charge is 0.352 e. The highest BCUT2D eigenvalue weighted by molar-refractivity contribution is 5.95. The summed E-state index contributed by atoms with van der Waals surface area (Å²) in [7, 11) is 0. The molecule has 24 heavy (non-hydrogen) atoms. The fraction of sp³-hybridized carbons (Fsp3) is 0.625. The van der Waals surface area contributed by atoms with Gasteiger partial charge in [0.2, 0.25) is 11.7 Å². The first-order chi connectivity index (χ1) is 10.9. The third kappa shape index (κ3) is 2.20. The maximum absolute atomic E-state index is 12.7. The Morgan fingerprint density at radius 1 is 1.25 bits per heavy atom. The van der Waals surface area contributed by atoms with Gasteiger partial charge in [-0.05, 0) is 19.8 Å². The van der Waals surface area contributed by atoms with Gasteiger partial charge in [0.05, 0.1) is 5.41 Å². The highest BCUT2D eigenvalue weighted by atomic mass is 16.6. The van der Waals surface area contributed by atoms with Crippen molar-refractivity contribution in [3.05, 3.63) is 12.2 Å². The van der Waals surface area contributed by atoms with Gasteiger partial charge < -0.3 is 19.7 Å². The molecule has 0 aromatic carbocycles. The van der Waals surface area contributed by atoms with E-state index in [0.29, 0.717) is 6.42 Å². The predicted octanol–water partition coefficient (Wildman–Crippen LogP) is 1.14. The zero-order chi connectivity index (χ0) is 18.5. The molecule has 0 radical (unpaired) electrons. The summed E-state index contributed by atoms with van der Waals surface area (Å²) in [5, 5.41) is 18.0. The summed E-state index contributed by atoms with van der Waals surface area (Å²) in [6.45, 7) is 8.36. The molecule has 2 fully saturated rings. The Kier molecular flexibility index (Phi) is 3.98. The van der Waals surface area contributed by atoms with Crippen molar-refractivity contribution in [3.8, 4) is 0 Å². The molecule has 0 amide bonds. The number of hydrogen-bond acceptors (Lipinski definition) is 6. The standard InChI is InChI=1S/C16H20O8/c1-8(10(17)18)7-9(11(19)20)23-13(22)16-6-5-15(4,12(21)24-16)14(16,2)3/h9H,1,5-7H2,2-4H3,(H,17,18)(H,19,20)/t9-,15?,16?/m0/s1. The Balaban J connectivity index is 2.25. The van der Waals surface area contributed by atoms with Crippen LogP contribution in [0.2, 0.25) is 0 Å². The van der Waals surface area contributed by atoms with Crippen LogP contribution in [0.3, 0.4) is 0 Å². The molecule has 0 spiro atoms.